The van der Waals surface area contributed by atoms with Crippen molar-refractivity contribution in [3.05, 3.63) is 35.4 Å². The fourth-order valence-electron chi connectivity index (χ4n) is 1.07. The molecule has 0 aliphatic heterocycles. The summed E-state index contributed by atoms with van der Waals surface area (Å²) in [5, 5.41) is 42.1. The zero-order chi connectivity index (χ0) is 16.4. The summed E-state index contributed by atoms with van der Waals surface area (Å²) < 4.78 is 4.38. The van der Waals surface area contributed by atoms with Crippen molar-refractivity contribution >= 4 is 11.9 Å². The van der Waals surface area contributed by atoms with Crippen LogP contribution in [0.2, 0.25) is 0 Å². The largest absolute Gasteiger partial charge is 0.478 e. The summed E-state index contributed by atoms with van der Waals surface area (Å²) in [5.74, 6) is -2.27. The Balaban J connectivity index is 0.000000690. The molecule has 0 saturated heterocycles. The molecule has 0 heterocycles. The van der Waals surface area contributed by atoms with E-state index in [2.05, 4.69) is 4.74 Å². The minimum Gasteiger partial charge on any atom is -0.478 e. The average molecular weight is 302 g/mol. The third kappa shape index (κ3) is 7.37. The molecule has 0 aromatic heterocycles. The van der Waals surface area contributed by atoms with Crippen molar-refractivity contribution in [2.24, 2.45) is 0 Å². The summed E-state index contributed by atoms with van der Waals surface area (Å²) in [5.41, 5.74) is -0.403. The maximum atomic E-state index is 11.4. The molecule has 1 aromatic carbocycles. The SMILES string of the molecule is CC(O)CO.O=C(O)c1ccccc1C(=O)OC(O)CO. The first-order chi connectivity index (χ1) is 9.83. The fraction of sp³-hybridized carbons (Fsp3) is 0.385. The molecule has 8 heteroatoms. The number of hydrogen-bond acceptors (Lipinski definition) is 7. The Morgan fingerprint density at radius 3 is 1.95 bits per heavy atom. The van der Waals surface area contributed by atoms with Crippen LogP contribution >= 0.6 is 0 Å². The number of ether oxygens (including phenoxy) is 1. The van der Waals surface area contributed by atoms with Gasteiger partial charge in [-0.2, -0.15) is 0 Å². The van der Waals surface area contributed by atoms with Crippen LogP contribution in [0.4, 0.5) is 0 Å². The van der Waals surface area contributed by atoms with Gasteiger partial charge in [0.25, 0.3) is 0 Å². The van der Waals surface area contributed by atoms with Crippen molar-refractivity contribution in [1.29, 1.82) is 0 Å². The van der Waals surface area contributed by atoms with Gasteiger partial charge in [-0.1, -0.05) is 12.1 Å². The predicted molar refractivity (Wildman–Crippen MR) is 70.7 cm³/mol. The van der Waals surface area contributed by atoms with E-state index >= 15 is 0 Å². The van der Waals surface area contributed by atoms with Crippen LogP contribution in [0.1, 0.15) is 27.6 Å². The molecule has 0 saturated carbocycles. The van der Waals surface area contributed by atoms with Gasteiger partial charge in [-0.15, -0.1) is 0 Å². The first-order valence-corrected chi connectivity index (χ1v) is 5.94. The van der Waals surface area contributed by atoms with Crippen LogP contribution in [-0.2, 0) is 4.74 Å². The molecule has 5 N–H and O–H groups in total. The topological polar surface area (TPSA) is 145 Å². The molecule has 2 atom stereocenters. The fourth-order valence-corrected chi connectivity index (χ4v) is 1.07. The minimum atomic E-state index is -1.66. The minimum absolute atomic E-state index is 0.139. The van der Waals surface area contributed by atoms with Gasteiger partial charge >= 0.3 is 11.9 Å². The van der Waals surface area contributed by atoms with Crippen molar-refractivity contribution in [2.75, 3.05) is 13.2 Å². The maximum absolute atomic E-state index is 11.4. The Morgan fingerprint density at radius 1 is 1.10 bits per heavy atom. The lowest BCUT2D eigenvalue weighted by atomic mass is 10.1. The number of aliphatic hydroxyl groups excluding tert-OH is 4. The highest BCUT2D eigenvalue weighted by molar-refractivity contribution is 6.02. The van der Waals surface area contributed by atoms with Gasteiger partial charge in [0.2, 0.25) is 6.29 Å². The maximum Gasteiger partial charge on any atom is 0.341 e. The van der Waals surface area contributed by atoms with Gasteiger partial charge in [-0.05, 0) is 19.1 Å². The number of aliphatic hydroxyl groups is 4. The number of rotatable bonds is 5. The molecule has 8 nitrogen and oxygen atoms in total. The highest BCUT2D eigenvalue weighted by atomic mass is 16.6. The molecular weight excluding hydrogens is 284 g/mol. The summed E-state index contributed by atoms with van der Waals surface area (Å²) in [6, 6.07) is 5.43. The Morgan fingerprint density at radius 2 is 1.57 bits per heavy atom. The lowest BCUT2D eigenvalue weighted by Gasteiger charge is -2.10. The van der Waals surface area contributed by atoms with E-state index in [1.165, 1.54) is 31.2 Å². The Labute approximate surface area is 120 Å². The van der Waals surface area contributed by atoms with Gasteiger partial charge < -0.3 is 30.3 Å². The summed E-state index contributed by atoms with van der Waals surface area (Å²) in [6.45, 7) is 0.640. The van der Waals surface area contributed by atoms with Crippen LogP contribution in [0.15, 0.2) is 24.3 Å². The van der Waals surface area contributed by atoms with Gasteiger partial charge in [-0.25, -0.2) is 9.59 Å². The van der Waals surface area contributed by atoms with E-state index in [1.807, 2.05) is 0 Å². The van der Waals surface area contributed by atoms with E-state index < -0.39 is 30.9 Å². The molecule has 0 spiro atoms. The molecule has 0 aliphatic carbocycles. The van der Waals surface area contributed by atoms with E-state index in [0.717, 1.165) is 0 Å². The number of carbonyl (C=O) groups is 2. The smallest absolute Gasteiger partial charge is 0.341 e. The summed E-state index contributed by atoms with van der Waals surface area (Å²) in [7, 11) is 0. The predicted octanol–water partition coefficient (Wildman–Crippen LogP) is -0.788. The monoisotopic (exact) mass is 302 g/mol. The highest BCUT2D eigenvalue weighted by Crippen LogP contribution is 2.10. The van der Waals surface area contributed by atoms with Crippen LogP contribution in [0.25, 0.3) is 0 Å². The van der Waals surface area contributed by atoms with E-state index in [4.69, 9.17) is 25.5 Å². The van der Waals surface area contributed by atoms with E-state index in [1.54, 1.807) is 0 Å². The van der Waals surface area contributed by atoms with Crippen LogP contribution in [0, 0.1) is 0 Å². The number of esters is 1. The zero-order valence-corrected chi connectivity index (χ0v) is 11.3. The second kappa shape index (κ2) is 9.83. The number of benzene rings is 1. The van der Waals surface area contributed by atoms with E-state index in [-0.39, 0.29) is 17.7 Å². The molecule has 0 amide bonds. The van der Waals surface area contributed by atoms with Gasteiger partial charge in [-0.3, -0.25) is 0 Å². The number of aromatic carboxylic acids is 1. The number of carboxylic acid groups (broad SMARTS) is 1. The Kier molecular flexibility index (Phi) is 8.90. The molecule has 0 radical (unpaired) electrons. The van der Waals surface area contributed by atoms with Crippen LogP contribution < -0.4 is 0 Å². The van der Waals surface area contributed by atoms with Crippen molar-refractivity contribution in [1.82, 2.24) is 0 Å². The number of carboxylic acids is 1. The second-order valence-electron chi connectivity index (χ2n) is 3.92. The molecule has 0 aliphatic rings. The van der Waals surface area contributed by atoms with Gasteiger partial charge in [0.15, 0.2) is 0 Å². The summed E-state index contributed by atoms with van der Waals surface area (Å²) in [4.78, 5) is 22.1. The first kappa shape index (κ1) is 19.0. The zero-order valence-electron chi connectivity index (χ0n) is 11.3. The molecule has 118 valence electrons. The highest BCUT2D eigenvalue weighted by Gasteiger charge is 2.19. The molecule has 1 aromatic rings. The van der Waals surface area contributed by atoms with Crippen molar-refractivity contribution in [2.45, 2.75) is 19.3 Å². The van der Waals surface area contributed by atoms with Gasteiger partial charge in [0, 0.05) is 0 Å². The third-order valence-corrected chi connectivity index (χ3v) is 2.04. The van der Waals surface area contributed by atoms with Crippen molar-refractivity contribution in [3.8, 4) is 0 Å². The summed E-state index contributed by atoms with van der Waals surface area (Å²) >= 11 is 0. The molecule has 0 bridgehead atoms. The Hall–Kier alpha value is -2.00. The van der Waals surface area contributed by atoms with E-state index in [0.29, 0.717) is 0 Å². The molecule has 2 unspecified atom stereocenters. The lowest BCUT2D eigenvalue weighted by Crippen LogP contribution is -2.22. The normalized spacial score (nSPS) is 12.6. The van der Waals surface area contributed by atoms with Crippen molar-refractivity contribution in [3.63, 3.8) is 0 Å². The first-order valence-electron chi connectivity index (χ1n) is 5.94. The van der Waals surface area contributed by atoms with Crippen molar-refractivity contribution < 1.29 is 39.9 Å². The Bertz CT molecular complexity index is 457. The van der Waals surface area contributed by atoms with E-state index in [9.17, 15) is 9.59 Å². The molecule has 0 fully saturated rings. The number of carbonyl (C=O) groups excluding carboxylic acids is 1. The molecule has 1 rings (SSSR count). The number of hydrogen-bond donors (Lipinski definition) is 5. The van der Waals surface area contributed by atoms with Crippen LogP contribution in [-0.4, -0.2) is 63.1 Å². The third-order valence-electron chi connectivity index (χ3n) is 2.04. The average Bonchev–Trinajstić information content (AvgIpc) is 2.47. The summed E-state index contributed by atoms with van der Waals surface area (Å²) in [6.07, 6.45) is -2.22. The molecular formula is C13H18O8. The van der Waals surface area contributed by atoms with Gasteiger partial charge in [0.05, 0.1) is 23.8 Å². The lowest BCUT2D eigenvalue weighted by molar-refractivity contribution is -0.0904. The standard InChI is InChI=1S/C10H10O6.C3H8O2/c11-5-8(12)16-10(15)7-4-2-1-3-6(7)9(13)14;1-3(5)2-4/h1-4,8,11-12H,5H2,(H,13,14);3-5H,2H2,1H3. The molecule has 21 heavy (non-hydrogen) atoms. The second-order valence-corrected chi connectivity index (χ2v) is 3.92. The van der Waals surface area contributed by atoms with Crippen LogP contribution in [0.3, 0.4) is 0 Å². The quantitative estimate of drug-likeness (QED) is 0.351. The van der Waals surface area contributed by atoms with Crippen LogP contribution in [0.5, 0.6) is 0 Å². The van der Waals surface area contributed by atoms with Gasteiger partial charge in [0.1, 0.15) is 6.61 Å².